The predicted molar refractivity (Wildman–Crippen MR) is 67.2 cm³/mol. The Labute approximate surface area is 95.4 Å². The molecule has 0 unspecified atom stereocenters. The van der Waals surface area contributed by atoms with Gasteiger partial charge in [0.15, 0.2) is 0 Å². The molecule has 0 atom stereocenters. The van der Waals surface area contributed by atoms with Gasteiger partial charge in [0.05, 0.1) is 0 Å². The molecule has 2 heteroatoms. The van der Waals surface area contributed by atoms with Crippen molar-refractivity contribution in [1.82, 2.24) is 10.2 Å². The Morgan fingerprint density at radius 2 is 2.00 bits per heavy atom. The van der Waals surface area contributed by atoms with Crippen molar-refractivity contribution in [2.75, 3.05) is 26.2 Å². The molecule has 0 bridgehead atoms. The SMILES string of the molecule is CCCNCCCN(CC1CC1)C(C)C. The molecule has 1 aliphatic carbocycles. The van der Waals surface area contributed by atoms with E-state index in [1.807, 2.05) is 0 Å². The fourth-order valence-corrected chi connectivity index (χ4v) is 1.90. The Balaban J connectivity index is 2.02. The van der Waals surface area contributed by atoms with Crippen LogP contribution in [0, 0.1) is 5.92 Å². The average Bonchev–Trinajstić information content (AvgIpc) is 2.99. The largest absolute Gasteiger partial charge is 0.317 e. The lowest BCUT2D eigenvalue weighted by molar-refractivity contribution is 0.209. The van der Waals surface area contributed by atoms with Crippen LogP contribution >= 0.6 is 0 Å². The summed E-state index contributed by atoms with van der Waals surface area (Å²) in [6.07, 6.45) is 5.48. The zero-order valence-electron chi connectivity index (χ0n) is 10.8. The van der Waals surface area contributed by atoms with Crippen LogP contribution in [0.3, 0.4) is 0 Å². The van der Waals surface area contributed by atoms with Gasteiger partial charge in [-0.15, -0.1) is 0 Å². The summed E-state index contributed by atoms with van der Waals surface area (Å²) in [4.78, 5) is 2.64. The van der Waals surface area contributed by atoms with E-state index in [9.17, 15) is 0 Å². The van der Waals surface area contributed by atoms with Gasteiger partial charge in [-0.3, -0.25) is 0 Å². The fourth-order valence-electron chi connectivity index (χ4n) is 1.90. The molecule has 0 radical (unpaired) electrons. The van der Waals surface area contributed by atoms with Crippen LogP contribution < -0.4 is 5.32 Å². The third-order valence-electron chi connectivity index (χ3n) is 3.15. The first kappa shape index (κ1) is 13.0. The van der Waals surface area contributed by atoms with E-state index in [-0.39, 0.29) is 0 Å². The molecule has 0 saturated heterocycles. The van der Waals surface area contributed by atoms with Gasteiger partial charge < -0.3 is 10.2 Å². The molecule has 1 saturated carbocycles. The van der Waals surface area contributed by atoms with Crippen LogP contribution in [0.15, 0.2) is 0 Å². The van der Waals surface area contributed by atoms with E-state index >= 15 is 0 Å². The summed E-state index contributed by atoms with van der Waals surface area (Å²) < 4.78 is 0. The predicted octanol–water partition coefficient (Wildman–Crippen LogP) is 2.50. The molecular formula is C13H28N2. The van der Waals surface area contributed by atoms with E-state index < -0.39 is 0 Å². The first-order valence-corrected chi connectivity index (χ1v) is 6.68. The second kappa shape index (κ2) is 7.24. The monoisotopic (exact) mass is 212 g/mol. The van der Waals surface area contributed by atoms with E-state index in [4.69, 9.17) is 0 Å². The second-order valence-corrected chi connectivity index (χ2v) is 5.14. The van der Waals surface area contributed by atoms with Crippen LogP contribution in [0.25, 0.3) is 0 Å². The molecule has 1 fully saturated rings. The smallest absolute Gasteiger partial charge is 0.00387 e. The lowest BCUT2D eigenvalue weighted by atomic mass is 10.2. The molecule has 15 heavy (non-hydrogen) atoms. The molecule has 0 aromatic rings. The number of nitrogens with one attached hydrogen (secondary N) is 1. The second-order valence-electron chi connectivity index (χ2n) is 5.14. The van der Waals surface area contributed by atoms with Crippen molar-refractivity contribution in [3.05, 3.63) is 0 Å². The van der Waals surface area contributed by atoms with Gasteiger partial charge in [-0.1, -0.05) is 6.92 Å². The van der Waals surface area contributed by atoms with E-state index in [2.05, 4.69) is 31.0 Å². The molecule has 90 valence electrons. The maximum atomic E-state index is 3.47. The molecular weight excluding hydrogens is 184 g/mol. The van der Waals surface area contributed by atoms with Crippen molar-refractivity contribution in [3.8, 4) is 0 Å². The number of nitrogens with zero attached hydrogens (tertiary/aromatic N) is 1. The Bertz CT molecular complexity index is 153. The first-order chi connectivity index (χ1) is 7.24. The third-order valence-corrected chi connectivity index (χ3v) is 3.15. The molecule has 0 aromatic heterocycles. The molecule has 1 aliphatic rings. The quantitative estimate of drug-likeness (QED) is 0.591. The number of hydrogen-bond donors (Lipinski definition) is 1. The van der Waals surface area contributed by atoms with Crippen LogP contribution in [0.1, 0.15) is 46.5 Å². The maximum Gasteiger partial charge on any atom is 0.00387 e. The van der Waals surface area contributed by atoms with Crippen molar-refractivity contribution in [2.24, 2.45) is 5.92 Å². The maximum absolute atomic E-state index is 3.47. The van der Waals surface area contributed by atoms with Crippen molar-refractivity contribution < 1.29 is 0 Å². The van der Waals surface area contributed by atoms with Crippen molar-refractivity contribution in [2.45, 2.75) is 52.5 Å². The highest BCUT2D eigenvalue weighted by molar-refractivity contribution is 4.78. The summed E-state index contributed by atoms with van der Waals surface area (Å²) in [5.74, 6) is 1.02. The van der Waals surface area contributed by atoms with E-state index in [1.165, 1.54) is 51.9 Å². The highest BCUT2D eigenvalue weighted by atomic mass is 15.1. The fraction of sp³-hybridized carbons (Fsp3) is 1.00. The Kier molecular flexibility index (Phi) is 6.26. The van der Waals surface area contributed by atoms with Crippen molar-refractivity contribution in [1.29, 1.82) is 0 Å². The molecule has 0 aliphatic heterocycles. The standard InChI is InChI=1S/C13H28N2/c1-4-8-14-9-5-10-15(12(2)3)11-13-6-7-13/h12-14H,4-11H2,1-3H3. The van der Waals surface area contributed by atoms with Crippen molar-refractivity contribution in [3.63, 3.8) is 0 Å². The van der Waals surface area contributed by atoms with Crippen molar-refractivity contribution >= 4 is 0 Å². The van der Waals surface area contributed by atoms with Crippen LogP contribution in [0.2, 0.25) is 0 Å². The van der Waals surface area contributed by atoms with Gasteiger partial charge in [-0.05, 0) is 65.1 Å². The zero-order chi connectivity index (χ0) is 11.1. The molecule has 0 spiro atoms. The summed E-state index contributed by atoms with van der Waals surface area (Å²) in [6.45, 7) is 11.8. The van der Waals surface area contributed by atoms with E-state index in [1.54, 1.807) is 0 Å². The molecule has 0 amide bonds. The lowest BCUT2D eigenvalue weighted by Gasteiger charge is -2.26. The summed E-state index contributed by atoms with van der Waals surface area (Å²) in [7, 11) is 0. The van der Waals surface area contributed by atoms with Crippen LogP contribution in [-0.4, -0.2) is 37.1 Å². The lowest BCUT2D eigenvalue weighted by Crippen LogP contribution is -2.35. The highest BCUT2D eigenvalue weighted by Gasteiger charge is 2.24. The topological polar surface area (TPSA) is 15.3 Å². The zero-order valence-corrected chi connectivity index (χ0v) is 10.8. The van der Waals surface area contributed by atoms with Crippen LogP contribution in [-0.2, 0) is 0 Å². The van der Waals surface area contributed by atoms with Gasteiger partial charge in [0.25, 0.3) is 0 Å². The molecule has 0 heterocycles. The van der Waals surface area contributed by atoms with Crippen LogP contribution in [0.5, 0.6) is 0 Å². The molecule has 2 nitrogen and oxygen atoms in total. The van der Waals surface area contributed by atoms with Gasteiger partial charge >= 0.3 is 0 Å². The Hall–Kier alpha value is -0.0800. The Morgan fingerprint density at radius 1 is 1.27 bits per heavy atom. The highest BCUT2D eigenvalue weighted by Crippen LogP contribution is 2.30. The molecule has 0 aromatic carbocycles. The minimum Gasteiger partial charge on any atom is -0.317 e. The summed E-state index contributed by atoms with van der Waals surface area (Å²) in [5.41, 5.74) is 0. The van der Waals surface area contributed by atoms with Gasteiger partial charge in [0, 0.05) is 12.6 Å². The normalized spacial score (nSPS) is 16.6. The minimum absolute atomic E-state index is 0.719. The summed E-state index contributed by atoms with van der Waals surface area (Å²) >= 11 is 0. The molecule has 1 N–H and O–H groups in total. The molecule has 1 rings (SSSR count). The average molecular weight is 212 g/mol. The van der Waals surface area contributed by atoms with Crippen LogP contribution in [0.4, 0.5) is 0 Å². The number of rotatable bonds is 9. The van der Waals surface area contributed by atoms with E-state index in [0.29, 0.717) is 0 Å². The van der Waals surface area contributed by atoms with E-state index in [0.717, 1.165) is 12.0 Å². The van der Waals surface area contributed by atoms with Gasteiger partial charge in [-0.25, -0.2) is 0 Å². The van der Waals surface area contributed by atoms with Gasteiger partial charge in [-0.2, -0.15) is 0 Å². The third kappa shape index (κ3) is 6.16. The number of hydrogen-bond acceptors (Lipinski definition) is 2. The minimum atomic E-state index is 0.719. The Morgan fingerprint density at radius 3 is 2.53 bits per heavy atom. The summed E-state index contributed by atoms with van der Waals surface area (Å²) in [6, 6.07) is 0.719. The van der Waals surface area contributed by atoms with Gasteiger partial charge in [0.1, 0.15) is 0 Å². The van der Waals surface area contributed by atoms with Gasteiger partial charge in [0.2, 0.25) is 0 Å². The summed E-state index contributed by atoms with van der Waals surface area (Å²) in [5, 5.41) is 3.47. The first-order valence-electron chi connectivity index (χ1n) is 6.68.